The summed E-state index contributed by atoms with van der Waals surface area (Å²) < 4.78 is 64.7. The lowest BCUT2D eigenvalue weighted by Gasteiger charge is -2.33. The highest BCUT2D eigenvalue weighted by Crippen LogP contribution is 2.41. The van der Waals surface area contributed by atoms with Crippen molar-refractivity contribution >= 4 is 6.09 Å². The van der Waals surface area contributed by atoms with E-state index in [2.05, 4.69) is 25.1 Å². The molecule has 1 saturated heterocycles. The third-order valence-electron chi connectivity index (χ3n) is 8.62. The van der Waals surface area contributed by atoms with Crippen molar-refractivity contribution in [3.63, 3.8) is 0 Å². The normalized spacial score (nSPS) is 24.6. The first-order valence-electron chi connectivity index (χ1n) is 14.0. The summed E-state index contributed by atoms with van der Waals surface area (Å²) in [4.78, 5) is 12.4. The quantitative estimate of drug-likeness (QED) is 0.391. The molecule has 1 amide bonds. The van der Waals surface area contributed by atoms with Crippen molar-refractivity contribution in [2.45, 2.75) is 87.8 Å². The number of halogens is 4. The molecule has 3 aromatic rings. The Balaban J connectivity index is 1.09. The van der Waals surface area contributed by atoms with Gasteiger partial charge in [-0.25, -0.2) is 13.9 Å². The second-order valence-electron chi connectivity index (χ2n) is 11.2. The topological polar surface area (TPSA) is 111 Å². The minimum Gasteiger partial charge on any atom is -0.482 e. The molecule has 41 heavy (non-hydrogen) atoms. The Hall–Kier alpha value is -3.71. The number of fused-ring (bicyclic) bond motifs is 1. The molecular formula is C27H31F4N7O3. The number of nitrogens with zero attached hydrogens (tertiary/aromatic N) is 7. The van der Waals surface area contributed by atoms with Gasteiger partial charge in [0.25, 0.3) is 0 Å². The fourth-order valence-electron chi connectivity index (χ4n) is 6.25. The zero-order valence-corrected chi connectivity index (χ0v) is 22.3. The number of hydrogen-bond donors (Lipinski definition) is 1. The number of likely N-dealkylation sites (tertiary alicyclic amines) is 1. The Labute approximate surface area is 233 Å². The van der Waals surface area contributed by atoms with Gasteiger partial charge in [-0.15, -0.1) is 15.3 Å². The molecule has 6 rings (SSSR count). The summed E-state index contributed by atoms with van der Waals surface area (Å²) in [6, 6.07) is 4.95. The predicted molar refractivity (Wildman–Crippen MR) is 136 cm³/mol. The van der Waals surface area contributed by atoms with Crippen molar-refractivity contribution in [2.75, 3.05) is 13.1 Å². The minimum absolute atomic E-state index is 0.0567. The summed E-state index contributed by atoms with van der Waals surface area (Å²) in [5, 5.41) is 26.3. The highest BCUT2D eigenvalue weighted by atomic mass is 19.4. The predicted octanol–water partition coefficient (Wildman–Crippen LogP) is 5.64. The number of benzene rings is 1. The van der Waals surface area contributed by atoms with Gasteiger partial charge >= 0.3 is 12.3 Å². The van der Waals surface area contributed by atoms with Crippen LogP contribution in [0.5, 0.6) is 5.75 Å². The first kappa shape index (κ1) is 27.5. The number of ether oxygens (including phenoxy) is 1. The first-order valence-corrected chi connectivity index (χ1v) is 14.0. The smallest absolute Gasteiger partial charge is 0.416 e. The summed E-state index contributed by atoms with van der Waals surface area (Å²) >= 11 is 0. The van der Waals surface area contributed by atoms with Crippen molar-refractivity contribution in [1.29, 1.82) is 0 Å². The van der Waals surface area contributed by atoms with Crippen LogP contribution in [0.2, 0.25) is 0 Å². The van der Waals surface area contributed by atoms with Gasteiger partial charge < -0.3 is 19.3 Å². The zero-order chi connectivity index (χ0) is 28.8. The number of aromatic nitrogens is 6. The fraction of sp³-hybridized carbons (Fsp3) is 0.593. The molecule has 1 unspecified atom stereocenters. The SMILES string of the molecule is O=C(O)N1CCC(F)(c2cn([C@H]3CC[C@H](c4nnc5n4CCCC5Oc4cccc(C(F)(F)F)c4)CC3)nn2)CC1. The number of hydrogen-bond acceptors (Lipinski definition) is 6. The third kappa shape index (κ3) is 5.47. The number of amides is 1. The van der Waals surface area contributed by atoms with Crippen molar-refractivity contribution in [3.05, 3.63) is 53.4 Å². The summed E-state index contributed by atoms with van der Waals surface area (Å²) in [7, 11) is 0. The Morgan fingerprint density at radius 2 is 1.73 bits per heavy atom. The summed E-state index contributed by atoms with van der Waals surface area (Å²) in [5.74, 6) is 1.81. The van der Waals surface area contributed by atoms with E-state index < -0.39 is 29.6 Å². The van der Waals surface area contributed by atoms with Crippen LogP contribution in [-0.2, 0) is 18.4 Å². The number of rotatable bonds is 5. The van der Waals surface area contributed by atoms with Gasteiger partial charge in [0.2, 0.25) is 0 Å². The van der Waals surface area contributed by atoms with Crippen LogP contribution in [0.15, 0.2) is 30.5 Å². The Bertz CT molecular complexity index is 1390. The van der Waals surface area contributed by atoms with E-state index in [1.54, 1.807) is 10.9 Å². The molecule has 10 nitrogen and oxygen atoms in total. The number of carboxylic acid groups (broad SMARTS) is 1. The monoisotopic (exact) mass is 577 g/mol. The second-order valence-corrected chi connectivity index (χ2v) is 11.2. The van der Waals surface area contributed by atoms with Gasteiger partial charge in [-0.05, 0) is 56.7 Å². The van der Waals surface area contributed by atoms with Crippen LogP contribution in [-0.4, -0.2) is 58.9 Å². The van der Waals surface area contributed by atoms with Crippen LogP contribution >= 0.6 is 0 Å². The largest absolute Gasteiger partial charge is 0.482 e. The van der Waals surface area contributed by atoms with Crippen molar-refractivity contribution < 1.29 is 32.2 Å². The molecule has 14 heteroatoms. The highest BCUT2D eigenvalue weighted by Gasteiger charge is 2.41. The van der Waals surface area contributed by atoms with E-state index in [-0.39, 0.29) is 49.3 Å². The van der Waals surface area contributed by atoms with Gasteiger partial charge in [-0.1, -0.05) is 11.3 Å². The van der Waals surface area contributed by atoms with Crippen LogP contribution in [0.1, 0.15) is 92.3 Å². The zero-order valence-electron chi connectivity index (χ0n) is 22.3. The van der Waals surface area contributed by atoms with Crippen LogP contribution in [0.25, 0.3) is 0 Å². The van der Waals surface area contributed by atoms with Crippen LogP contribution in [0.4, 0.5) is 22.4 Å². The maximum Gasteiger partial charge on any atom is 0.416 e. The van der Waals surface area contributed by atoms with E-state index in [4.69, 9.17) is 9.84 Å². The van der Waals surface area contributed by atoms with Crippen molar-refractivity contribution in [2.24, 2.45) is 0 Å². The van der Waals surface area contributed by atoms with Gasteiger partial charge in [-0.3, -0.25) is 0 Å². The molecule has 1 aromatic carbocycles. The van der Waals surface area contributed by atoms with Gasteiger partial charge in [0.15, 0.2) is 17.6 Å². The average molecular weight is 578 g/mol. The van der Waals surface area contributed by atoms with Crippen LogP contribution < -0.4 is 4.74 Å². The van der Waals surface area contributed by atoms with E-state index >= 15 is 4.39 Å². The molecule has 1 N–H and O–H groups in total. The van der Waals surface area contributed by atoms with E-state index in [9.17, 15) is 18.0 Å². The number of carbonyl (C=O) groups is 1. The molecule has 2 fully saturated rings. The lowest BCUT2D eigenvalue weighted by Crippen LogP contribution is -2.42. The highest BCUT2D eigenvalue weighted by molar-refractivity contribution is 5.65. The molecular weight excluding hydrogens is 546 g/mol. The molecule has 1 saturated carbocycles. The third-order valence-corrected chi connectivity index (χ3v) is 8.62. The maximum absolute atomic E-state index is 15.6. The molecule has 220 valence electrons. The van der Waals surface area contributed by atoms with Crippen molar-refractivity contribution in [1.82, 2.24) is 34.7 Å². The molecule has 0 radical (unpaired) electrons. The molecule has 1 aliphatic carbocycles. The fourth-order valence-corrected chi connectivity index (χ4v) is 6.25. The summed E-state index contributed by atoms with van der Waals surface area (Å²) in [6.07, 6.45) is 0.495. The average Bonchev–Trinajstić information content (AvgIpc) is 3.62. The lowest BCUT2D eigenvalue weighted by atomic mass is 9.85. The number of alkyl halides is 4. The molecule has 3 aliphatic rings. The van der Waals surface area contributed by atoms with Gasteiger partial charge in [0.1, 0.15) is 17.3 Å². The Morgan fingerprint density at radius 3 is 2.44 bits per heavy atom. The first-order chi connectivity index (χ1) is 19.6. The van der Waals surface area contributed by atoms with Crippen molar-refractivity contribution in [3.8, 4) is 5.75 Å². The van der Waals surface area contributed by atoms with Gasteiger partial charge in [0, 0.05) is 38.4 Å². The maximum atomic E-state index is 15.6. The van der Waals surface area contributed by atoms with Crippen LogP contribution in [0, 0.1) is 0 Å². The van der Waals surface area contributed by atoms with E-state index in [1.165, 1.54) is 17.0 Å². The molecule has 0 bridgehead atoms. The molecule has 2 aliphatic heterocycles. The second kappa shape index (κ2) is 10.6. The van der Waals surface area contributed by atoms with E-state index in [1.807, 2.05) is 0 Å². The van der Waals surface area contributed by atoms with E-state index in [0.717, 1.165) is 56.6 Å². The van der Waals surface area contributed by atoms with Crippen LogP contribution in [0.3, 0.4) is 0 Å². The Morgan fingerprint density at radius 1 is 1.00 bits per heavy atom. The molecule has 2 aromatic heterocycles. The minimum atomic E-state index is -4.45. The van der Waals surface area contributed by atoms with Gasteiger partial charge in [-0.2, -0.15) is 13.2 Å². The molecule has 1 atom stereocenters. The summed E-state index contributed by atoms with van der Waals surface area (Å²) in [5.41, 5.74) is -2.19. The van der Waals surface area contributed by atoms with E-state index in [0.29, 0.717) is 12.2 Å². The van der Waals surface area contributed by atoms with Gasteiger partial charge in [0.05, 0.1) is 17.8 Å². The molecule has 0 spiro atoms. The standard InChI is InChI=1S/C27H31F4N7O3/c28-26(10-13-36(14-11-26)25(39)40)22-16-38(35-32-22)19-8-6-17(7-9-19)23-33-34-24-21(5-2-12-37(23)24)41-20-4-1-3-18(15-20)27(29,30)31/h1,3-4,15-17,19,21H,2,5-14H2,(H,39,40)/t17-,19-,21?. The lowest BCUT2D eigenvalue weighted by molar-refractivity contribution is -0.137. The Kier molecular flexibility index (Phi) is 7.10. The molecule has 4 heterocycles. The summed E-state index contributed by atoms with van der Waals surface area (Å²) in [6.45, 7) is 0.973. The number of piperidine rings is 1.